The van der Waals surface area contributed by atoms with Crippen LogP contribution >= 0.6 is 0 Å². The normalized spacial score (nSPS) is 10.1. The molecule has 0 amide bonds. The molecule has 60 valence electrons. The van der Waals surface area contributed by atoms with E-state index < -0.39 is 0 Å². The van der Waals surface area contributed by atoms with Crippen molar-refractivity contribution in [3.8, 4) is 11.3 Å². The number of furan rings is 1. The summed E-state index contributed by atoms with van der Waals surface area (Å²) in [5.74, 6) is 1.85. The van der Waals surface area contributed by atoms with Crippen LogP contribution < -0.4 is 4.98 Å². The summed E-state index contributed by atoms with van der Waals surface area (Å²) in [6, 6.07) is 7.89. The highest BCUT2D eigenvalue weighted by atomic mass is 16.3. The summed E-state index contributed by atoms with van der Waals surface area (Å²) < 4.78 is 5.45. The number of aromatic amines is 1. The molecule has 0 aliphatic carbocycles. The van der Waals surface area contributed by atoms with E-state index in [0.717, 1.165) is 17.1 Å². The summed E-state index contributed by atoms with van der Waals surface area (Å²) in [4.78, 5) is 3.01. The average Bonchev–Trinajstić information content (AvgIpc) is 2.54. The Labute approximate surface area is 70.9 Å². The highest BCUT2D eigenvalue weighted by molar-refractivity contribution is 5.54. The third-order valence-electron chi connectivity index (χ3n) is 1.73. The number of H-pyrrole nitrogens is 1. The smallest absolute Gasteiger partial charge is 0.178 e. The van der Waals surface area contributed by atoms with Gasteiger partial charge in [0.2, 0.25) is 0 Å². The second-order valence-electron chi connectivity index (χ2n) is 2.70. The maximum atomic E-state index is 5.45. The maximum Gasteiger partial charge on any atom is 0.178 e. The second kappa shape index (κ2) is 2.81. The van der Waals surface area contributed by atoms with E-state index in [4.69, 9.17) is 4.42 Å². The quantitative estimate of drug-likeness (QED) is 0.627. The molecule has 12 heavy (non-hydrogen) atoms. The van der Waals surface area contributed by atoms with Gasteiger partial charge < -0.3 is 4.42 Å². The zero-order valence-corrected chi connectivity index (χ0v) is 6.87. The van der Waals surface area contributed by atoms with Gasteiger partial charge in [-0.05, 0) is 25.1 Å². The van der Waals surface area contributed by atoms with E-state index in [-0.39, 0.29) is 0 Å². The van der Waals surface area contributed by atoms with Crippen LogP contribution in [0.25, 0.3) is 11.3 Å². The molecule has 0 aliphatic heterocycles. The largest absolute Gasteiger partial charge is 0.461 e. The van der Waals surface area contributed by atoms with Crippen molar-refractivity contribution in [3.05, 3.63) is 42.4 Å². The highest BCUT2D eigenvalue weighted by Gasteiger charge is 2.02. The minimum atomic E-state index is 0.907. The van der Waals surface area contributed by atoms with Gasteiger partial charge in [-0.2, -0.15) is 0 Å². The summed E-state index contributed by atoms with van der Waals surface area (Å²) in [6.45, 7) is 1.94. The first-order chi connectivity index (χ1) is 5.86. The molecule has 2 heteroatoms. The van der Waals surface area contributed by atoms with Crippen LogP contribution in [0.15, 0.2) is 41.1 Å². The molecular weight excluding hydrogens is 150 g/mol. The van der Waals surface area contributed by atoms with Crippen LogP contribution in [-0.4, -0.2) is 0 Å². The average molecular weight is 160 g/mol. The van der Waals surface area contributed by atoms with Gasteiger partial charge in [0.25, 0.3) is 0 Å². The number of hydrogen-bond acceptors (Lipinski definition) is 1. The Kier molecular flexibility index (Phi) is 1.67. The standard InChI is InChI=1S/C10H9NO/c1-8-4-5-10(12-8)9-3-2-6-11-7-9/h2-7H,1H3/p+1. The van der Waals surface area contributed by atoms with E-state index in [1.54, 1.807) is 0 Å². The third kappa shape index (κ3) is 1.23. The van der Waals surface area contributed by atoms with Crippen molar-refractivity contribution < 1.29 is 9.40 Å². The molecule has 0 spiro atoms. The van der Waals surface area contributed by atoms with Crippen molar-refractivity contribution >= 4 is 0 Å². The molecule has 2 aromatic rings. The molecule has 2 rings (SSSR count). The minimum Gasteiger partial charge on any atom is -0.461 e. The van der Waals surface area contributed by atoms with Crippen LogP contribution in [0.4, 0.5) is 0 Å². The molecular formula is C10H10NO+. The van der Waals surface area contributed by atoms with Gasteiger partial charge in [0.15, 0.2) is 12.4 Å². The van der Waals surface area contributed by atoms with E-state index in [0.29, 0.717) is 0 Å². The van der Waals surface area contributed by atoms with Gasteiger partial charge in [-0.25, -0.2) is 4.98 Å². The Balaban J connectivity index is 2.45. The van der Waals surface area contributed by atoms with E-state index in [1.165, 1.54) is 0 Å². The highest BCUT2D eigenvalue weighted by Crippen LogP contribution is 2.19. The van der Waals surface area contributed by atoms with Crippen LogP contribution in [-0.2, 0) is 0 Å². The van der Waals surface area contributed by atoms with Crippen molar-refractivity contribution in [1.82, 2.24) is 0 Å². The molecule has 0 saturated heterocycles. The van der Waals surface area contributed by atoms with Gasteiger partial charge >= 0.3 is 0 Å². The molecule has 0 saturated carbocycles. The lowest BCUT2D eigenvalue weighted by molar-refractivity contribution is -0.377. The van der Waals surface area contributed by atoms with Crippen molar-refractivity contribution in [2.45, 2.75) is 6.92 Å². The first kappa shape index (κ1) is 7.10. The van der Waals surface area contributed by atoms with E-state index in [9.17, 15) is 0 Å². The summed E-state index contributed by atoms with van der Waals surface area (Å²) in [7, 11) is 0. The fourth-order valence-corrected chi connectivity index (χ4v) is 1.14. The van der Waals surface area contributed by atoms with Gasteiger partial charge in [-0.3, -0.25) is 0 Å². The van der Waals surface area contributed by atoms with Crippen LogP contribution in [0.1, 0.15) is 5.76 Å². The number of aryl methyl sites for hydroxylation is 1. The molecule has 0 bridgehead atoms. The van der Waals surface area contributed by atoms with E-state index in [2.05, 4.69) is 4.98 Å². The first-order valence-corrected chi connectivity index (χ1v) is 3.89. The van der Waals surface area contributed by atoms with Crippen LogP contribution in [0.5, 0.6) is 0 Å². The summed E-state index contributed by atoms with van der Waals surface area (Å²) in [6.07, 6.45) is 3.79. The van der Waals surface area contributed by atoms with Crippen molar-refractivity contribution in [2.24, 2.45) is 0 Å². The Morgan fingerprint density at radius 3 is 2.75 bits per heavy atom. The fraction of sp³-hybridized carbons (Fsp3) is 0.100. The first-order valence-electron chi connectivity index (χ1n) is 3.89. The van der Waals surface area contributed by atoms with Crippen molar-refractivity contribution in [1.29, 1.82) is 0 Å². The Bertz CT molecular complexity index is 364. The number of rotatable bonds is 1. The molecule has 0 atom stereocenters. The predicted molar refractivity (Wildman–Crippen MR) is 45.4 cm³/mol. The molecule has 0 aliphatic rings. The van der Waals surface area contributed by atoms with Gasteiger partial charge in [-0.15, -0.1) is 0 Å². The van der Waals surface area contributed by atoms with Crippen LogP contribution in [0.2, 0.25) is 0 Å². The monoisotopic (exact) mass is 160 g/mol. The summed E-state index contributed by atoms with van der Waals surface area (Å²) in [5.41, 5.74) is 1.07. The van der Waals surface area contributed by atoms with Crippen molar-refractivity contribution in [3.63, 3.8) is 0 Å². The van der Waals surface area contributed by atoms with Gasteiger partial charge in [0.05, 0.1) is 5.56 Å². The lowest BCUT2D eigenvalue weighted by atomic mass is 10.2. The molecule has 1 N–H and O–H groups in total. The third-order valence-corrected chi connectivity index (χ3v) is 1.73. The predicted octanol–water partition coefficient (Wildman–Crippen LogP) is 2.07. The minimum absolute atomic E-state index is 0.907. The zero-order chi connectivity index (χ0) is 8.39. The Morgan fingerprint density at radius 1 is 1.25 bits per heavy atom. The molecule has 0 fully saturated rings. The summed E-state index contributed by atoms with van der Waals surface area (Å²) >= 11 is 0. The topological polar surface area (TPSA) is 27.3 Å². The Hall–Kier alpha value is -1.57. The maximum absolute atomic E-state index is 5.45. The summed E-state index contributed by atoms with van der Waals surface area (Å²) in [5, 5.41) is 0. The van der Waals surface area contributed by atoms with Crippen LogP contribution in [0.3, 0.4) is 0 Å². The van der Waals surface area contributed by atoms with Crippen LogP contribution in [0, 0.1) is 6.92 Å². The number of pyridine rings is 1. The lowest BCUT2D eigenvalue weighted by Crippen LogP contribution is -1.97. The van der Waals surface area contributed by atoms with E-state index in [1.807, 2.05) is 43.6 Å². The van der Waals surface area contributed by atoms with Crippen molar-refractivity contribution in [2.75, 3.05) is 0 Å². The van der Waals surface area contributed by atoms with Gasteiger partial charge in [0, 0.05) is 6.07 Å². The molecule has 2 aromatic heterocycles. The SMILES string of the molecule is Cc1ccc(-c2ccc[nH+]c2)o1. The lowest BCUT2D eigenvalue weighted by Gasteiger charge is -1.89. The molecule has 0 radical (unpaired) electrons. The van der Waals surface area contributed by atoms with Gasteiger partial charge in [-0.1, -0.05) is 0 Å². The molecule has 0 aromatic carbocycles. The number of aromatic nitrogens is 1. The Morgan fingerprint density at radius 2 is 2.17 bits per heavy atom. The fourth-order valence-electron chi connectivity index (χ4n) is 1.14. The number of hydrogen-bond donors (Lipinski definition) is 0. The van der Waals surface area contributed by atoms with Gasteiger partial charge in [0.1, 0.15) is 11.5 Å². The molecule has 2 nitrogen and oxygen atoms in total. The zero-order valence-electron chi connectivity index (χ0n) is 6.87. The number of nitrogens with one attached hydrogen (secondary N) is 1. The molecule has 0 unspecified atom stereocenters. The second-order valence-corrected chi connectivity index (χ2v) is 2.70. The van der Waals surface area contributed by atoms with E-state index >= 15 is 0 Å². The molecule has 2 heterocycles.